The molecule has 5 nitrogen and oxygen atoms in total. The molecule has 5 heteroatoms. The standard InChI is InChI=1S/C28H44O5/c1-7-19-25(32)24-21-9-8-20(16(2)14-23(30)31)26(21,4)12-11-22(24)27(5)13-10-18(33-17(3)29)15-28(19,27)6/h16,18-22,24H,7-15H2,1-6H3,(H,30,31)/t16-,18-,19+,20-,21?,22?,24+,26-,27-,28+/m1/s1. The van der Waals surface area contributed by atoms with E-state index in [2.05, 4.69) is 34.6 Å². The largest absolute Gasteiger partial charge is 0.481 e. The van der Waals surface area contributed by atoms with Gasteiger partial charge in [0, 0.05) is 25.2 Å². The SMILES string of the molecule is CC[C@H]1C(=O)[C@H]2C3CC[C@H]([C@H](C)CC(=O)O)[C@@]3(C)CCC2[C@@]2(C)CC[C@@H](OC(C)=O)C[C@@]12C. The van der Waals surface area contributed by atoms with Crippen molar-refractivity contribution in [3.63, 3.8) is 0 Å². The summed E-state index contributed by atoms with van der Waals surface area (Å²) in [7, 11) is 0. The van der Waals surface area contributed by atoms with Crippen LogP contribution in [0.1, 0.15) is 99.3 Å². The zero-order valence-electron chi connectivity index (χ0n) is 21.5. The van der Waals surface area contributed by atoms with Gasteiger partial charge in [0.05, 0.1) is 0 Å². The van der Waals surface area contributed by atoms with Crippen LogP contribution in [0, 0.1) is 51.8 Å². The van der Waals surface area contributed by atoms with E-state index in [1.165, 1.54) is 6.92 Å². The molecule has 2 unspecified atom stereocenters. The minimum atomic E-state index is -0.712. The molecule has 0 aliphatic heterocycles. The Morgan fingerprint density at radius 2 is 1.76 bits per heavy atom. The molecule has 4 fully saturated rings. The quantitative estimate of drug-likeness (QED) is 0.517. The van der Waals surface area contributed by atoms with Crippen LogP contribution in [0.25, 0.3) is 0 Å². The summed E-state index contributed by atoms with van der Waals surface area (Å²) < 4.78 is 5.67. The lowest BCUT2D eigenvalue weighted by Gasteiger charge is -2.67. The van der Waals surface area contributed by atoms with Gasteiger partial charge in [-0.3, -0.25) is 14.4 Å². The minimum Gasteiger partial charge on any atom is -0.481 e. The van der Waals surface area contributed by atoms with Crippen LogP contribution in [0.2, 0.25) is 0 Å². The molecule has 4 rings (SSSR count). The van der Waals surface area contributed by atoms with Gasteiger partial charge in [0.15, 0.2) is 0 Å². The molecule has 33 heavy (non-hydrogen) atoms. The molecule has 0 aromatic rings. The molecule has 0 aromatic heterocycles. The van der Waals surface area contributed by atoms with Gasteiger partial charge in [-0.05, 0) is 91.3 Å². The Balaban J connectivity index is 1.67. The Morgan fingerprint density at radius 3 is 2.36 bits per heavy atom. The maximum atomic E-state index is 14.3. The van der Waals surface area contributed by atoms with Gasteiger partial charge in [-0.1, -0.05) is 34.6 Å². The highest BCUT2D eigenvalue weighted by molar-refractivity contribution is 5.86. The molecule has 4 aliphatic carbocycles. The van der Waals surface area contributed by atoms with Crippen LogP contribution < -0.4 is 0 Å². The molecule has 0 saturated heterocycles. The van der Waals surface area contributed by atoms with E-state index in [1.54, 1.807) is 0 Å². The molecule has 10 atom stereocenters. The molecule has 4 saturated carbocycles. The third-order valence-corrected chi connectivity index (χ3v) is 11.5. The number of carbonyl (C=O) groups is 3. The molecule has 4 aliphatic rings. The van der Waals surface area contributed by atoms with Crippen LogP contribution in [-0.2, 0) is 19.1 Å². The van der Waals surface area contributed by atoms with E-state index < -0.39 is 5.97 Å². The fourth-order valence-corrected chi connectivity index (χ4v) is 9.88. The van der Waals surface area contributed by atoms with Gasteiger partial charge in [0.1, 0.15) is 11.9 Å². The highest BCUT2D eigenvalue weighted by atomic mass is 16.5. The Bertz CT molecular complexity index is 821. The predicted octanol–water partition coefficient (Wildman–Crippen LogP) is 5.89. The van der Waals surface area contributed by atoms with E-state index in [4.69, 9.17) is 4.74 Å². The number of ketones is 1. The summed E-state index contributed by atoms with van der Waals surface area (Å²) in [6.45, 7) is 12.9. The number of hydrogen-bond acceptors (Lipinski definition) is 4. The second kappa shape index (κ2) is 8.37. The molecule has 186 valence electrons. The Hall–Kier alpha value is -1.39. The molecule has 0 aromatic carbocycles. The number of rotatable bonds is 5. The summed E-state index contributed by atoms with van der Waals surface area (Å²) in [5.74, 6) is 0.890. The Morgan fingerprint density at radius 1 is 1.06 bits per heavy atom. The summed E-state index contributed by atoms with van der Waals surface area (Å²) in [5, 5.41) is 9.40. The van der Waals surface area contributed by atoms with Crippen molar-refractivity contribution < 1.29 is 24.2 Å². The number of hydrogen-bond donors (Lipinski definition) is 1. The first kappa shape index (κ1) is 24.7. The predicted molar refractivity (Wildman–Crippen MR) is 126 cm³/mol. The molecule has 0 radical (unpaired) electrons. The van der Waals surface area contributed by atoms with Crippen LogP contribution in [0.4, 0.5) is 0 Å². The van der Waals surface area contributed by atoms with Crippen LogP contribution >= 0.6 is 0 Å². The smallest absolute Gasteiger partial charge is 0.303 e. The van der Waals surface area contributed by atoms with Crippen molar-refractivity contribution >= 4 is 17.7 Å². The van der Waals surface area contributed by atoms with Crippen LogP contribution in [0.5, 0.6) is 0 Å². The first-order valence-electron chi connectivity index (χ1n) is 13.3. The average molecular weight is 461 g/mol. The summed E-state index contributed by atoms with van der Waals surface area (Å²) in [5.41, 5.74) is -0.0290. The van der Waals surface area contributed by atoms with E-state index in [9.17, 15) is 19.5 Å². The van der Waals surface area contributed by atoms with Gasteiger partial charge in [0.2, 0.25) is 0 Å². The molecule has 1 N–H and O–H groups in total. The number of ether oxygens (including phenoxy) is 1. The van der Waals surface area contributed by atoms with Gasteiger partial charge >= 0.3 is 11.9 Å². The van der Waals surface area contributed by atoms with Crippen molar-refractivity contribution in [2.45, 2.75) is 105 Å². The van der Waals surface area contributed by atoms with E-state index in [0.717, 1.165) is 51.4 Å². The van der Waals surface area contributed by atoms with E-state index in [1.807, 2.05) is 0 Å². The Kier molecular flexibility index (Phi) is 6.27. The lowest BCUT2D eigenvalue weighted by Crippen LogP contribution is -2.65. The number of fused-ring (bicyclic) bond motifs is 5. The van der Waals surface area contributed by atoms with Gasteiger partial charge in [-0.15, -0.1) is 0 Å². The summed E-state index contributed by atoms with van der Waals surface area (Å²) in [4.78, 5) is 37.4. The summed E-state index contributed by atoms with van der Waals surface area (Å²) in [6, 6.07) is 0. The van der Waals surface area contributed by atoms with E-state index in [0.29, 0.717) is 23.5 Å². The summed E-state index contributed by atoms with van der Waals surface area (Å²) >= 11 is 0. The highest BCUT2D eigenvalue weighted by Gasteiger charge is 2.69. The van der Waals surface area contributed by atoms with Crippen LogP contribution in [-0.4, -0.2) is 28.9 Å². The van der Waals surface area contributed by atoms with Crippen LogP contribution in [0.15, 0.2) is 0 Å². The molecular formula is C28H44O5. The second-order valence-electron chi connectivity index (χ2n) is 12.7. The van der Waals surface area contributed by atoms with E-state index in [-0.39, 0.29) is 52.5 Å². The zero-order valence-corrected chi connectivity index (χ0v) is 21.5. The number of carboxylic acid groups (broad SMARTS) is 1. The van der Waals surface area contributed by atoms with Crippen molar-refractivity contribution in [1.29, 1.82) is 0 Å². The number of aliphatic carboxylic acids is 1. The third kappa shape index (κ3) is 3.58. The molecule has 0 spiro atoms. The lowest BCUT2D eigenvalue weighted by molar-refractivity contribution is -0.204. The maximum absolute atomic E-state index is 14.3. The van der Waals surface area contributed by atoms with Crippen molar-refractivity contribution in [3.05, 3.63) is 0 Å². The first-order valence-corrected chi connectivity index (χ1v) is 13.3. The topological polar surface area (TPSA) is 80.7 Å². The fraction of sp³-hybridized carbons (Fsp3) is 0.893. The Labute approximate surface area is 199 Å². The van der Waals surface area contributed by atoms with Gasteiger partial charge < -0.3 is 9.84 Å². The highest BCUT2D eigenvalue weighted by Crippen LogP contribution is 2.72. The van der Waals surface area contributed by atoms with Gasteiger partial charge in [0.25, 0.3) is 0 Å². The van der Waals surface area contributed by atoms with Gasteiger partial charge in [-0.2, -0.15) is 0 Å². The van der Waals surface area contributed by atoms with Crippen molar-refractivity contribution in [1.82, 2.24) is 0 Å². The van der Waals surface area contributed by atoms with Crippen molar-refractivity contribution in [2.75, 3.05) is 0 Å². The first-order chi connectivity index (χ1) is 15.4. The fourth-order valence-electron chi connectivity index (χ4n) is 9.88. The number of carbonyl (C=O) groups excluding carboxylic acids is 2. The molecular weight excluding hydrogens is 416 g/mol. The van der Waals surface area contributed by atoms with Crippen molar-refractivity contribution in [2.24, 2.45) is 51.8 Å². The van der Waals surface area contributed by atoms with E-state index >= 15 is 0 Å². The second-order valence-corrected chi connectivity index (χ2v) is 12.7. The zero-order chi connectivity index (χ0) is 24.3. The maximum Gasteiger partial charge on any atom is 0.303 e. The minimum absolute atomic E-state index is 0.0000452. The molecule has 0 bridgehead atoms. The monoisotopic (exact) mass is 460 g/mol. The third-order valence-electron chi connectivity index (χ3n) is 11.5. The number of carboxylic acids is 1. The number of esters is 1. The summed E-state index contributed by atoms with van der Waals surface area (Å²) in [6.07, 6.45) is 7.91. The molecule has 0 amide bonds. The normalized spacial score (nSPS) is 47.8. The average Bonchev–Trinajstić information content (AvgIpc) is 3.06. The number of Topliss-reactive ketones (excluding diaryl/α,β-unsaturated/α-hetero) is 1. The van der Waals surface area contributed by atoms with Crippen molar-refractivity contribution in [3.8, 4) is 0 Å². The van der Waals surface area contributed by atoms with Crippen LogP contribution in [0.3, 0.4) is 0 Å². The van der Waals surface area contributed by atoms with Gasteiger partial charge in [-0.25, -0.2) is 0 Å². The lowest BCUT2D eigenvalue weighted by atomic mass is 9.37. The molecule has 0 heterocycles.